The number of hydrogen-bond donors (Lipinski definition) is 0. The van der Waals surface area contributed by atoms with Crippen LogP contribution in [-0.4, -0.2) is 17.5 Å². The van der Waals surface area contributed by atoms with E-state index in [-0.39, 0.29) is 18.9 Å². The molecule has 3 rings (SSSR count). The van der Waals surface area contributed by atoms with Crippen molar-refractivity contribution in [1.29, 1.82) is 0 Å². The molecule has 0 N–H and O–H groups in total. The second kappa shape index (κ2) is 7.65. The summed E-state index contributed by atoms with van der Waals surface area (Å²) in [7, 11) is 0. The van der Waals surface area contributed by atoms with Gasteiger partial charge in [-0.2, -0.15) is 0 Å². The van der Waals surface area contributed by atoms with Crippen molar-refractivity contribution < 1.29 is 19.2 Å². The van der Waals surface area contributed by atoms with Gasteiger partial charge in [-0.25, -0.2) is 4.79 Å². The van der Waals surface area contributed by atoms with E-state index in [2.05, 4.69) is 0 Å². The molecule has 0 aliphatic heterocycles. The Bertz CT molecular complexity index is 953. The zero-order valence-electron chi connectivity index (χ0n) is 14.2. The lowest BCUT2D eigenvalue weighted by Crippen LogP contribution is -2.10. The molecule has 0 aliphatic rings. The van der Waals surface area contributed by atoms with Crippen molar-refractivity contribution in [2.45, 2.75) is 13.5 Å². The number of hydrogen-bond acceptors (Lipinski definition) is 5. The number of esters is 1. The van der Waals surface area contributed by atoms with E-state index >= 15 is 0 Å². The monoisotopic (exact) mass is 351 g/mol. The van der Waals surface area contributed by atoms with Crippen LogP contribution in [0.3, 0.4) is 0 Å². The van der Waals surface area contributed by atoms with Crippen molar-refractivity contribution in [2.75, 3.05) is 6.61 Å². The summed E-state index contributed by atoms with van der Waals surface area (Å²) in [6.45, 7) is 2.15. The predicted octanol–water partition coefficient (Wildman–Crippen LogP) is 4.50. The highest BCUT2D eigenvalue weighted by Gasteiger charge is 2.16. The normalized spacial score (nSPS) is 10.5. The van der Waals surface area contributed by atoms with Gasteiger partial charge in [0.1, 0.15) is 12.4 Å². The number of fused-ring (bicyclic) bond motifs is 1. The lowest BCUT2D eigenvalue weighted by Gasteiger charge is -2.12. The van der Waals surface area contributed by atoms with Crippen LogP contribution in [0.5, 0.6) is 5.75 Å². The predicted molar refractivity (Wildman–Crippen MR) is 97.3 cm³/mol. The highest BCUT2D eigenvalue weighted by atomic mass is 16.6. The average molecular weight is 351 g/mol. The first-order valence-corrected chi connectivity index (χ1v) is 8.14. The topological polar surface area (TPSA) is 78.7 Å². The van der Waals surface area contributed by atoms with Crippen LogP contribution in [0.1, 0.15) is 22.8 Å². The van der Waals surface area contributed by atoms with Gasteiger partial charge in [0.2, 0.25) is 0 Å². The van der Waals surface area contributed by atoms with Crippen LogP contribution in [0.25, 0.3) is 10.8 Å². The summed E-state index contributed by atoms with van der Waals surface area (Å²) in [6.07, 6.45) is 0. The van der Waals surface area contributed by atoms with Gasteiger partial charge in [0.05, 0.1) is 17.1 Å². The molecular weight excluding hydrogens is 334 g/mol. The van der Waals surface area contributed by atoms with E-state index in [1.165, 1.54) is 12.1 Å². The van der Waals surface area contributed by atoms with Crippen molar-refractivity contribution in [3.8, 4) is 5.75 Å². The Hall–Kier alpha value is -3.41. The standard InChI is InChI=1S/C20H17NO5/c1-2-25-20(22)19-12-15-11-17(21(23)24)9-8-14(15)10-16(19)13-26-18-6-4-3-5-7-18/h3-12H,2,13H2,1H3. The number of ether oxygens (including phenoxy) is 2. The molecule has 0 aliphatic carbocycles. The number of rotatable bonds is 6. The van der Waals surface area contributed by atoms with Crippen molar-refractivity contribution in [3.05, 3.63) is 81.9 Å². The van der Waals surface area contributed by atoms with Crippen LogP contribution < -0.4 is 4.74 Å². The molecule has 132 valence electrons. The lowest BCUT2D eigenvalue weighted by atomic mass is 10.0. The number of non-ortho nitro benzene ring substituents is 1. The first-order valence-electron chi connectivity index (χ1n) is 8.14. The van der Waals surface area contributed by atoms with E-state index in [0.29, 0.717) is 22.3 Å². The molecule has 6 nitrogen and oxygen atoms in total. The maximum Gasteiger partial charge on any atom is 0.338 e. The van der Waals surface area contributed by atoms with Crippen LogP contribution in [0, 0.1) is 10.1 Å². The van der Waals surface area contributed by atoms with E-state index in [1.807, 2.05) is 30.3 Å². The minimum atomic E-state index is -0.479. The fraction of sp³-hybridized carbons (Fsp3) is 0.150. The summed E-state index contributed by atoms with van der Waals surface area (Å²) in [5.74, 6) is 0.207. The number of nitro groups is 1. The zero-order chi connectivity index (χ0) is 18.5. The van der Waals surface area contributed by atoms with Gasteiger partial charge in [-0.1, -0.05) is 18.2 Å². The van der Waals surface area contributed by atoms with Crippen molar-refractivity contribution in [2.24, 2.45) is 0 Å². The minimum Gasteiger partial charge on any atom is -0.489 e. The molecular formula is C20H17NO5. The average Bonchev–Trinajstić information content (AvgIpc) is 2.66. The van der Waals surface area contributed by atoms with Crippen LogP contribution in [0.2, 0.25) is 0 Å². The van der Waals surface area contributed by atoms with Crippen molar-refractivity contribution in [3.63, 3.8) is 0 Å². The van der Waals surface area contributed by atoms with Crippen molar-refractivity contribution >= 4 is 22.4 Å². The highest BCUT2D eigenvalue weighted by Crippen LogP contribution is 2.26. The minimum absolute atomic E-state index is 0.0272. The molecule has 0 saturated heterocycles. The van der Waals surface area contributed by atoms with Gasteiger partial charge in [0.15, 0.2) is 0 Å². The third kappa shape index (κ3) is 3.80. The van der Waals surface area contributed by atoms with E-state index in [9.17, 15) is 14.9 Å². The fourth-order valence-corrected chi connectivity index (χ4v) is 2.64. The Morgan fingerprint density at radius 3 is 2.50 bits per heavy atom. The van der Waals surface area contributed by atoms with Gasteiger partial charge in [0.25, 0.3) is 5.69 Å². The van der Waals surface area contributed by atoms with Crippen LogP contribution in [0.4, 0.5) is 5.69 Å². The Morgan fingerprint density at radius 2 is 1.81 bits per heavy atom. The van der Waals surface area contributed by atoms with Gasteiger partial charge in [-0.05, 0) is 48.0 Å². The highest BCUT2D eigenvalue weighted by molar-refractivity contribution is 5.97. The fourth-order valence-electron chi connectivity index (χ4n) is 2.64. The lowest BCUT2D eigenvalue weighted by molar-refractivity contribution is -0.384. The van der Waals surface area contributed by atoms with Crippen LogP contribution >= 0.6 is 0 Å². The smallest absolute Gasteiger partial charge is 0.338 e. The molecule has 3 aromatic carbocycles. The largest absolute Gasteiger partial charge is 0.489 e. The van der Waals surface area contributed by atoms with Gasteiger partial charge in [0, 0.05) is 17.7 Å². The Balaban J connectivity index is 2.01. The summed E-state index contributed by atoms with van der Waals surface area (Å²) >= 11 is 0. The number of para-hydroxylation sites is 1. The number of carbonyl (C=O) groups is 1. The quantitative estimate of drug-likeness (QED) is 0.371. The summed E-state index contributed by atoms with van der Waals surface area (Å²) in [4.78, 5) is 22.9. The third-order valence-corrected chi connectivity index (χ3v) is 3.89. The second-order valence-corrected chi connectivity index (χ2v) is 5.62. The molecule has 0 radical (unpaired) electrons. The number of carbonyl (C=O) groups excluding carboxylic acids is 1. The number of nitro benzene ring substituents is 1. The molecule has 0 aromatic heterocycles. The third-order valence-electron chi connectivity index (χ3n) is 3.89. The molecule has 0 unspecified atom stereocenters. The van der Waals surface area contributed by atoms with Gasteiger partial charge in [-0.15, -0.1) is 0 Å². The zero-order valence-corrected chi connectivity index (χ0v) is 14.2. The van der Waals surface area contributed by atoms with Gasteiger partial charge in [-0.3, -0.25) is 10.1 Å². The van der Waals surface area contributed by atoms with E-state index in [0.717, 1.165) is 5.39 Å². The summed E-state index contributed by atoms with van der Waals surface area (Å²) in [5, 5.41) is 12.4. The second-order valence-electron chi connectivity index (χ2n) is 5.62. The van der Waals surface area contributed by atoms with E-state index in [1.54, 1.807) is 25.1 Å². The van der Waals surface area contributed by atoms with Crippen LogP contribution in [-0.2, 0) is 11.3 Å². The van der Waals surface area contributed by atoms with Crippen molar-refractivity contribution in [1.82, 2.24) is 0 Å². The molecule has 0 atom stereocenters. The number of nitrogens with zero attached hydrogens (tertiary/aromatic N) is 1. The SMILES string of the molecule is CCOC(=O)c1cc2cc([N+](=O)[O-])ccc2cc1COc1ccccc1. The van der Waals surface area contributed by atoms with Crippen LogP contribution in [0.15, 0.2) is 60.7 Å². The maximum atomic E-state index is 12.3. The Kier molecular flexibility index (Phi) is 5.12. The molecule has 0 saturated carbocycles. The first kappa shape index (κ1) is 17.4. The molecule has 3 aromatic rings. The molecule has 0 bridgehead atoms. The molecule has 0 amide bonds. The Morgan fingerprint density at radius 1 is 1.04 bits per heavy atom. The molecule has 26 heavy (non-hydrogen) atoms. The van der Waals surface area contributed by atoms with E-state index in [4.69, 9.17) is 9.47 Å². The first-order chi connectivity index (χ1) is 12.6. The Labute approximate surface area is 150 Å². The van der Waals surface area contributed by atoms with E-state index < -0.39 is 10.9 Å². The molecule has 0 spiro atoms. The summed E-state index contributed by atoms with van der Waals surface area (Å²) < 4.78 is 10.9. The van der Waals surface area contributed by atoms with Gasteiger partial charge >= 0.3 is 5.97 Å². The number of benzene rings is 3. The molecule has 0 heterocycles. The summed E-state index contributed by atoms with van der Waals surface area (Å²) in [6, 6.07) is 17.2. The summed E-state index contributed by atoms with van der Waals surface area (Å²) in [5.41, 5.74) is 0.977. The maximum absolute atomic E-state index is 12.3. The van der Waals surface area contributed by atoms with Gasteiger partial charge < -0.3 is 9.47 Å². The molecule has 6 heteroatoms. The molecule has 0 fully saturated rings.